The smallest absolute Gasteiger partial charge is 0.320 e. The van der Waals surface area contributed by atoms with Crippen molar-refractivity contribution in [3.63, 3.8) is 0 Å². The molecule has 2 aromatic heterocycles. The largest absolute Gasteiger partial charge is 0.448 e. The predicted octanol–water partition coefficient (Wildman–Crippen LogP) is 2.58. The van der Waals surface area contributed by atoms with Crippen molar-refractivity contribution in [3.8, 4) is 5.69 Å². The molecule has 3 aromatic rings. The zero-order valence-electron chi connectivity index (χ0n) is 18.2. The topological polar surface area (TPSA) is 97.5 Å². The summed E-state index contributed by atoms with van der Waals surface area (Å²) in [5.74, 6) is 1.57. The van der Waals surface area contributed by atoms with E-state index in [4.69, 9.17) is 14.3 Å². The lowest BCUT2D eigenvalue weighted by atomic mass is 10.0. The van der Waals surface area contributed by atoms with Crippen molar-refractivity contribution in [1.82, 2.24) is 25.0 Å². The maximum atomic E-state index is 13.1. The molecule has 5 rings (SSSR count). The summed E-state index contributed by atoms with van der Waals surface area (Å²) in [5.41, 5.74) is 3.13. The van der Waals surface area contributed by atoms with Crippen LogP contribution in [0, 0.1) is 0 Å². The molecule has 0 spiro atoms. The molecular formula is C23H28N6O3. The van der Waals surface area contributed by atoms with E-state index in [0.717, 1.165) is 67.4 Å². The lowest BCUT2D eigenvalue weighted by molar-refractivity contribution is 0.159. The van der Waals surface area contributed by atoms with E-state index in [1.807, 2.05) is 35.0 Å². The van der Waals surface area contributed by atoms with Gasteiger partial charge in [0.25, 0.3) is 0 Å². The molecule has 1 unspecified atom stereocenters. The number of para-hydroxylation sites is 1. The molecule has 2 aliphatic rings. The van der Waals surface area contributed by atoms with Crippen LogP contribution in [-0.2, 0) is 17.6 Å². The number of ether oxygens (including phenoxy) is 1. The first kappa shape index (κ1) is 20.7. The summed E-state index contributed by atoms with van der Waals surface area (Å²) >= 11 is 0. The van der Waals surface area contributed by atoms with Crippen molar-refractivity contribution in [3.05, 3.63) is 59.9 Å². The number of benzene rings is 1. The summed E-state index contributed by atoms with van der Waals surface area (Å²) in [6, 6.07) is 9.58. The Morgan fingerprint density at radius 1 is 1.25 bits per heavy atom. The molecule has 2 amide bonds. The van der Waals surface area contributed by atoms with Gasteiger partial charge in [-0.2, -0.15) is 5.10 Å². The molecule has 0 radical (unpaired) electrons. The molecule has 168 valence electrons. The number of hydrogen-bond donors (Lipinski definition) is 2. The van der Waals surface area contributed by atoms with E-state index in [1.165, 1.54) is 6.39 Å². The fraction of sp³-hybridized carbons (Fsp3) is 0.435. The van der Waals surface area contributed by atoms with Gasteiger partial charge in [0.15, 0.2) is 6.39 Å². The van der Waals surface area contributed by atoms with Crippen LogP contribution in [0.15, 0.2) is 47.3 Å². The minimum atomic E-state index is -0.236. The molecule has 1 saturated heterocycles. The van der Waals surface area contributed by atoms with Gasteiger partial charge in [-0.25, -0.2) is 14.5 Å². The second kappa shape index (κ2) is 9.13. The molecule has 0 bridgehead atoms. The minimum Gasteiger partial charge on any atom is -0.448 e. The first-order valence-corrected chi connectivity index (χ1v) is 11.1. The first-order valence-electron chi connectivity index (χ1n) is 11.1. The lowest BCUT2D eigenvalue weighted by Gasteiger charge is -2.19. The number of urea groups is 1. The SMILES string of the molecule is COCCN1CC(NC(=O)Nc2c3c(nn2-c2ccccc2)CCC3)[C@H](c2cnco2)C1. The van der Waals surface area contributed by atoms with E-state index in [-0.39, 0.29) is 18.0 Å². The average Bonchev–Trinajstić information content (AvgIpc) is 3.59. The number of nitrogens with zero attached hydrogens (tertiary/aromatic N) is 4. The number of fused-ring (bicyclic) bond motifs is 1. The van der Waals surface area contributed by atoms with E-state index in [1.54, 1.807) is 13.3 Å². The number of amides is 2. The van der Waals surface area contributed by atoms with E-state index >= 15 is 0 Å². The van der Waals surface area contributed by atoms with E-state index < -0.39 is 0 Å². The Morgan fingerprint density at radius 3 is 2.91 bits per heavy atom. The quantitative estimate of drug-likeness (QED) is 0.591. The van der Waals surface area contributed by atoms with E-state index in [9.17, 15) is 4.79 Å². The molecule has 0 saturated carbocycles. The van der Waals surface area contributed by atoms with Crippen LogP contribution in [0.5, 0.6) is 0 Å². The molecule has 9 nitrogen and oxygen atoms in total. The Kier molecular flexibility index (Phi) is 5.91. The fourth-order valence-electron chi connectivity index (χ4n) is 4.72. The maximum absolute atomic E-state index is 13.1. The van der Waals surface area contributed by atoms with Crippen LogP contribution in [0.1, 0.15) is 29.4 Å². The number of likely N-dealkylation sites (tertiary alicyclic amines) is 1. The van der Waals surface area contributed by atoms with Crippen LogP contribution in [0.2, 0.25) is 0 Å². The van der Waals surface area contributed by atoms with Crippen molar-refractivity contribution in [2.24, 2.45) is 0 Å². The molecule has 1 aliphatic carbocycles. The molecule has 1 aromatic carbocycles. The maximum Gasteiger partial charge on any atom is 0.320 e. The molecule has 1 fully saturated rings. The Morgan fingerprint density at radius 2 is 2.12 bits per heavy atom. The van der Waals surface area contributed by atoms with Crippen LogP contribution >= 0.6 is 0 Å². The average molecular weight is 437 g/mol. The normalized spacial score (nSPS) is 20.4. The van der Waals surface area contributed by atoms with E-state index in [0.29, 0.717) is 6.61 Å². The van der Waals surface area contributed by atoms with Gasteiger partial charge in [0, 0.05) is 32.3 Å². The summed E-state index contributed by atoms with van der Waals surface area (Å²) in [4.78, 5) is 19.5. The fourth-order valence-corrected chi connectivity index (χ4v) is 4.72. The number of aryl methyl sites for hydroxylation is 1. The molecule has 2 N–H and O–H groups in total. The second-order valence-corrected chi connectivity index (χ2v) is 8.34. The van der Waals surface area contributed by atoms with Crippen molar-refractivity contribution in [2.75, 3.05) is 38.7 Å². The highest BCUT2D eigenvalue weighted by molar-refractivity contribution is 5.90. The lowest BCUT2D eigenvalue weighted by Crippen LogP contribution is -2.42. The Bertz CT molecular complexity index is 1050. The third-order valence-electron chi connectivity index (χ3n) is 6.28. The van der Waals surface area contributed by atoms with Crippen LogP contribution in [0.25, 0.3) is 5.69 Å². The third kappa shape index (κ3) is 4.13. The number of nitrogens with one attached hydrogen (secondary N) is 2. The number of carbonyl (C=O) groups excluding carboxylic acids is 1. The van der Waals surface area contributed by atoms with Gasteiger partial charge in [-0.15, -0.1) is 0 Å². The molecular weight excluding hydrogens is 408 g/mol. The summed E-state index contributed by atoms with van der Waals surface area (Å²) in [6.45, 7) is 2.94. The van der Waals surface area contributed by atoms with Gasteiger partial charge in [-0.05, 0) is 31.4 Å². The van der Waals surface area contributed by atoms with Crippen molar-refractivity contribution >= 4 is 11.8 Å². The van der Waals surface area contributed by atoms with Gasteiger partial charge < -0.3 is 14.5 Å². The van der Waals surface area contributed by atoms with Crippen molar-refractivity contribution < 1.29 is 13.9 Å². The number of carbonyl (C=O) groups is 1. The predicted molar refractivity (Wildman–Crippen MR) is 119 cm³/mol. The summed E-state index contributed by atoms with van der Waals surface area (Å²) < 4.78 is 12.6. The molecule has 1 aliphatic heterocycles. The van der Waals surface area contributed by atoms with Crippen LogP contribution in [-0.4, -0.2) is 65.1 Å². The number of anilines is 1. The Hall–Kier alpha value is -3.17. The molecule has 9 heteroatoms. The third-order valence-corrected chi connectivity index (χ3v) is 6.28. The first-order chi connectivity index (χ1) is 15.7. The molecule has 2 atom stereocenters. The number of methoxy groups -OCH3 is 1. The highest BCUT2D eigenvalue weighted by Gasteiger charge is 2.37. The van der Waals surface area contributed by atoms with Gasteiger partial charge in [0.2, 0.25) is 0 Å². The number of hydrogen-bond acceptors (Lipinski definition) is 6. The van der Waals surface area contributed by atoms with Gasteiger partial charge in [0.05, 0.1) is 36.1 Å². The van der Waals surface area contributed by atoms with Crippen molar-refractivity contribution in [2.45, 2.75) is 31.2 Å². The van der Waals surface area contributed by atoms with Crippen LogP contribution in [0.4, 0.5) is 10.6 Å². The zero-order chi connectivity index (χ0) is 21.9. The monoisotopic (exact) mass is 436 g/mol. The van der Waals surface area contributed by atoms with E-state index in [2.05, 4.69) is 20.5 Å². The van der Waals surface area contributed by atoms with Gasteiger partial charge in [0.1, 0.15) is 11.6 Å². The molecule has 3 heterocycles. The van der Waals surface area contributed by atoms with Gasteiger partial charge >= 0.3 is 6.03 Å². The number of oxazole rings is 1. The standard InChI is InChI=1S/C23H28N6O3/c1-31-11-10-28-13-18(21-12-24-15-32-21)20(14-28)25-23(30)26-22-17-8-5-9-19(17)27-29(22)16-6-3-2-4-7-16/h2-4,6-7,12,15,18,20H,5,8-11,13-14H2,1H3,(H2,25,26,30)/t18-,20?/m1/s1. The van der Waals surface area contributed by atoms with Crippen LogP contribution < -0.4 is 10.6 Å². The summed E-state index contributed by atoms with van der Waals surface area (Å²) in [5, 5.41) is 11.0. The van der Waals surface area contributed by atoms with Gasteiger partial charge in [-0.1, -0.05) is 18.2 Å². The second-order valence-electron chi connectivity index (χ2n) is 8.34. The minimum absolute atomic E-state index is 0.0323. The Labute approximate surface area is 186 Å². The highest BCUT2D eigenvalue weighted by atomic mass is 16.5. The number of rotatable bonds is 7. The summed E-state index contributed by atoms with van der Waals surface area (Å²) in [7, 11) is 1.70. The highest BCUT2D eigenvalue weighted by Crippen LogP contribution is 2.31. The molecule has 32 heavy (non-hydrogen) atoms. The summed E-state index contributed by atoms with van der Waals surface area (Å²) in [6.07, 6.45) is 6.09. The zero-order valence-corrected chi connectivity index (χ0v) is 18.2. The Balaban J connectivity index is 1.34. The van der Waals surface area contributed by atoms with Crippen molar-refractivity contribution in [1.29, 1.82) is 0 Å². The van der Waals surface area contributed by atoms with Gasteiger partial charge in [-0.3, -0.25) is 10.2 Å². The van der Waals surface area contributed by atoms with Crippen LogP contribution in [0.3, 0.4) is 0 Å². The number of aromatic nitrogens is 3.